The molecule has 10 aromatic carbocycles. The lowest BCUT2D eigenvalue weighted by Gasteiger charge is -2.46. The van der Waals surface area contributed by atoms with Gasteiger partial charge in [-0.1, -0.05) is 206 Å². The summed E-state index contributed by atoms with van der Waals surface area (Å²) >= 11 is 0. The fourth-order valence-electron chi connectivity index (χ4n) is 11.4. The number of hydrogen-bond acceptors (Lipinski definition) is 4. The highest BCUT2D eigenvalue weighted by atomic mass is 15.2. The van der Waals surface area contributed by atoms with Crippen LogP contribution in [0.2, 0.25) is 0 Å². The molecule has 12 aromatic rings. The minimum Gasteiger partial charge on any atom is -0.309 e. The number of para-hydroxylation sites is 4. The van der Waals surface area contributed by atoms with Gasteiger partial charge < -0.3 is 4.90 Å². The predicted octanol–water partition coefficient (Wildman–Crippen LogP) is 16.1. The Bertz CT molecular complexity index is 3910. The van der Waals surface area contributed by atoms with E-state index in [1.807, 2.05) is 24.3 Å². The average Bonchev–Trinajstić information content (AvgIpc) is 3.71. The lowest BCUT2D eigenvalue weighted by molar-refractivity contribution is 0.755. The van der Waals surface area contributed by atoms with E-state index in [1.165, 1.54) is 38.8 Å². The Morgan fingerprint density at radius 1 is 0.309 bits per heavy atom. The van der Waals surface area contributed by atoms with Crippen molar-refractivity contribution in [2.75, 3.05) is 4.90 Å². The summed E-state index contributed by atoms with van der Waals surface area (Å²) < 4.78 is 0. The normalized spacial score (nSPS) is 13.1. The summed E-state index contributed by atoms with van der Waals surface area (Å²) in [5.74, 6) is 0.714. The number of aromatic nitrogens is 3. The number of fused-ring (bicyclic) bond motifs is 13. The molecule has 0 amide bonds. The second-order valence-corrected chi connectivity index (χ2v) is 17.8. The molecule has 0 N–H and O–H groups in total. The van der Waals surface area contributed by atoms with Crippen molar-refractivity contribution in [2.24, 2.45) is 0 Å². The third-order valence-corrected chi connectivity index (χ3v) is 14.2. The van der Waals surface area contributed by atoms with E-state index in [9.17, 15) is 0 Å². The van der Waals surface area contributed by atoms with Crippen LogP contribution in [0.5, 0.6) is 0 Å². The Kier molecular flexibility index (Phi) is 8.46. The number of rotatable bonds is 5. The minimum absolute atomic E-state index is 0.654. The van der Waals surface area contributed by atoms with Crippen LogP contribution in [0.15, 0.2) is 243 Å². The summed E-state index contributed by atoms with van der Waals surface area (Å²) in [6.07, 6.45) is 0. The molecule has 4 heteroatoms. The topological polar surface area (TPSA) is 41.9 Å². The zero-order chi connectivity index (χ0) is 44.8. The van der Waals surface area contributed by atoms with Crippen molar-refractivity contribution in [1.29, 1.82) is 0 Å². The van der Waals surface area contributed by atoms with Gasteiger partial charge in [-0.15, -0.1) is 0 Å². The van der Waals surface area contributed by atoms with E-state index < -0.39 is 5.41 Å². The van der Waals surface area contributed by atoms with Gasteiger partial charge >= 0.3 is 0 Å². The van der Waals surface area contributed by atoms with E-state index in [1.54, 1.807) is 0 Å². The van der Waals surface area contributed by atoms with Gasteiger partial charge in [-0.2, -0.15) is 0 Å². The van der Waals surface area contributed by atoms with Gasteiger partial charge in [0.15, 0.2) is 5.82 Å². The van der Waals surface area contributed by atoms with Crippen molar-refractivity contribution in [3.8, 4) is 56.2 Å². The largest absolute Gasteiger partial charge is 0.309 e. The van der Waals surface area contributed by atoms with Crippen molar-refractivity contribution < 1.29 is 0 Å². The maximum atomic E-state index is 5.44. The van der Waals surface area contributed by atoms with E-state index in [0.717, 1.165) is 83.5 Å². The van der Waals surface area contributed by atoms with Gasteiger partial charge in [0, 0.05) is 44.1 Å². The van der Waals surface area contributed by atoms with E-state index in [-0.39, 0.29) is 0 Å². The maximum Gasteiger partial charge on any atom is 0.160 e. The van der Waals surface area contributed by atoms with Crippen LogP contribution in [0.25, 0.3) is 88.7 Å². The molecule has 316 valence electrons. The van der Waals surface area contributed by atoms with Crippen molar-refractivity contribution in [3.05, 3.63) is 265 Å². The van der Waals surface area contributed by atoms with Gasteiger partial charge in [-0.05, 0) is 80.7 Å². The predicted molar refractivity (Wildman–Crippen MR) is 280 cm³/mol. The van der Waals surface area contributed by atoms with Crippen LogP contribution < -0.4 is 4.90 Å². The summed E-state index contributed by atoms with van der Waals surface area (Å²) in [4.78, 5) is 18.2. The van der Waals surface area contributed by atoms with Crippen molar-refractivity contribution in [2.45, 2.75) is 5.41 Å². The third kappa shape index (κ3) is 5.58. The van der Waals surface area contributed by atoms with Crippen LogP contribution in [0.1, 0.15) is 22.3 Å². The molecular formula is C64H40N4. The molecule has 2 aromatic heterocycles. The highest BCUT2D eigenvalue weighted by Crippen LogP contribution is 2.65. The molecule has 0 fully saturated rings. The van der Waals surface area contributed by atoms with E-state index in [0.29, 0.717) is 5.82 Å². The highest BCUT2D eigenvalue weighted by Gasteiger charge is 2.52. The second-order valence-electron chi connectivity index (χ2n) is 17.8. The zero-order valence-corrected chi connectivity index (χ0v) is 36.9. The first-order valence-electron chi connectivity index (χ1n) is 23.3. The Hall–Kier alpha value is -8.99. The highest BCUT2D eigenvalue weighted by molar-refractivity contribution is 6.14. The summed E-state index contributed by atoms with van der Waals surface area (Å²) in [5, 5.41) is 4.46. The first kappa shape index (κ1) is 38.3. The Morgan fingerprint density at radius 3 is 1.53 bits per heavy atom. The Balaban J connectivity index is 1.07. The molecule has 0 saturated heterocycles. The molecule has 1 aliphatic carbocycles. The number of benzene rings is 10. The summed E-state index contributed by atoms with van der Waals surface area (Å²) in [6, 6.07) is 87.8. The molecule has 3 heterocycles. The molecule has 0 saturated carbocycles. The maximum absolute atomic E-state index is 5.44. The standard InChI is InChI=1S/C64H40N4/c1-4-19-42(20-5-1)61-52-40-59-56(39-51(52)49-27-12-16-33-57(49)65-61)64(53-30-14-10-25-47(53)48-26-11-15-31-54(48)64)55-32-18-29-46(62(55)68(59)45-23-8-3-9-24-45)41-35-37-43(38-36-41)60-50-28-13-17-34-58(50)66-63(67-60)44-21-6-2-7-22-44/h1-40H. The van der Waals surface area contributed by atoms with E-state index >= 15 is 0 Å². The number of hydrogen-bond donors (Lipinski definition) is 0. The number of anilines is 3. The lowest BCUT2D eigenvalue weighted by atomic mass is 9.63. The minimum atomic E-state index is -0.654. The average molecular weight is 865 g/mol. The van der Waals surface area contributed by atoms with E-state index in [2.05, 4.69) is 223 Å². The first-order chi connectivity index (χ1) is 33.7. The molecular weight excluding hydrogens is 825 g/mol. The van der Waals surface area contributed by atoms with Crippen LogP contribution in [0, 0.1) is 0 Å². The van der Waals surface area contributed by atoms with Gasteiger partial charge in [0.25, 0.3) is 0 Å². The van der Waals surface area contributed by atoms with E-state index in [4.69, 9.17) is 15.0 Å². The first-order valence-corrected chi connectivity index (χ1v) is 23.3. The molecule has 4 nitrogen and oxygen atoms in total. The van der Waals surface area contributed by atoms with Crippen LogP contribution in [-0.4, -0.2) is 15.0 Å². The fourth-order valence-corrected chi connectivity index (χ4v) is 11.4. The molecule has 1 aliphatic heterocycles. The van der Waals surface area contributed by atoms with Crippen molar-refractivity contribution in [1.82, 2.24) is 15.0 Å². The Morgan fingerprint density at radius 2 is 0.824 bits per heavy atom. The van der Waals surface area contributed by atoms with Gasteiger partial charge in [0.1, 0.15) is 0 Å². The molecule has 0 unspecified atom stereocenters. The summed E-state index contributed by atoms with van der Waals surface area (Å²) in [7, 11) is 0. The number of pyridine rings is 1. The number of nitrogens with zero attached hydrogens (tertiary/aromatic N) is 4. The second kappa shape index (κ2) is 15.0. The smallest absolute Gasteiger partial charge is 0.160 e. The van der Waals surface area contributed by atoms with Gasteiger partial charge in [0.05, 0.1) is 39.2 Å². The van der Waals surface area contributed by atoms with Crippen LogP contribution >= 0.6 is 0 Å². The van der Waals surface area contributed by atoms with Crippen molar-refractivity contribution in [3.63, 3.8) is 0 Å². The van der Waals surface area contributed by atoms with Crippen LogP contribution in [0.4, 0.5) is 17.1 Å². The molecule has 68 heavy (non-hydrogen) atoms. The summed E-state index contributed by atoms with van der Waals surface area (Å²) in [5.41, 5.74) is 19.4. The Labute approximate surface area is 394 Å². The molecule has 2 aliphatic rings. The monoisotopic (exact) mass is 864 g/mol. The molecule has 14 rings (SSSR count). The lowest BCUT2D eigenvalue weighted by Crippen LogP contribution is -2.36. The van der Waals surface area contributed by atoms with Crippen LogP contribution in [-0.2, 0) is 5.41 Å². The molecule has 0 radical (unpaired) electrons. The van der Waals surface area contributed by atoms with Crippen LogP contribution in [0.3, 0.4) is 0 Å². The molecule has 0 bridgehead atoms. The SMILES string of the molecule is c1ccc(-c2nc(-c3ccc(-c4cccc5c4N(c4ccccc4)c4cc6c(-c7ccccc7)nc7ccccc7c6cc4C54c5ccccc5-c5ccccc54)cc3)c3ccccc3n2)cc1. The van der Waals surface area contributed by atoms with Gasteiger partial charge in [0.2, 0.25) is 0 Å². The van der Waals surface area contributed by atoms with Gasteiger partial charge in [-0.3, -0.25) is 0 Å². The zero-order valence-electron chi connectivity index (χ0n) is 36.9. The molecule has 0 atom stereocenters. The van der Waals surface area contributed by atoms with Gasteiger partial charge in [-0.25, -0.2) is 15.0 Å². The summed E-state index contributed by atoms with van der Waals surface area (Å²) in [6.45, 7) is 0. The molecule has 1 spiro atoms. The third-order valence-electron chi connectivity index (χ3n) is 14.2. The fraction of sp³-hybridized carbons (Fsp3) is 0.0156. The van der Waals surface area contributed by atoms with Crippen molar-refractivity contribution >= 4 is 49.6 Å². The quantitative estimate of drug-likeness (QED) is 0.162.